The normalized spacial score (nSPS) is 13.6. The van der Waals surface area contributed by atoms with Crippen molar-refractivity contribution in [1.82, 2.24) is 0 Å². The molecule has 0 spiro atoms. The fourth-order valence-electron chi connectivity index (χ4n) is 1.35. The summed E-state index contributed by atoms with van der Waals surface area (Å²) in [5, 5.41) is 10.6. The van der Waals surface area contributed by atoms with Gasteiger partial charge in [0.05, 0.1) is 4.92 Å². The summed E-state index contributed by atoms with van der Waals surface area (Å²) in [6.45, 7) is 5.57. The first-order valence-corrected chi connectivity index (χ1v) is 4.93. The largest absolute Gasteiger partial charge is 0.323 e. The average molecular weight is 226 g/mol. The van der Waals surface area contributed by atoms with Gasteiger partial charge in [0.1, 0.15) is 5.82 Å². The summed E-state index contributed by atoms with van der Waals surface area (Å²) in [6, 6.07) is 2.84. The number of nitro groups is 1. The number of benzene rings is 1. The van der Waals surface area contributed by atoms with Crippen LogP contribution in [0.4, 0.5) is 10.1 Å². The number of hydrogen-bond acceptors (Lipinski definition) is 3. The van der Waals surface area contributed by atoms with Crippen LogP contribution in [0.1, 0.15) is 32.4 Å². The van der Waals surface area contributed by atoms with Crippen LogP contribution in [0.15, 0.2) is 18.2 Å². The molecule has 0 aliphatic carbocycles. The fraction of sp³-hybridized carbons (Fsp3) is 0.455. The van der Waals surface area contributed by atoms with Gasteiger partial charge in [-0.3, -0.25) is 10.1 Å². The van der Waals surface area contributed by atoms with E-state index in [-0.39, 0.29) is 16.7 Å². The molecular weight excluding hydrogens is 211 g/mol. The predicted octanol–water partition coefficient (Wildman–Crippen LogP) is 2.78. The molecule has 1 aromatic rings. The van der Waals surface area contributed by atoms with Crippen molar-refractivity contribution >= 4 is 5.69 Å². The highest BCUT2D eigenvalue weighted by Gasteiger charge is 2.26. The number of nitrogens with zero attached hydrogens (tertiary/aromatic N) is 1. The van der Waals surface area contributed by atoms with Crippen LogP contribution in [0.2, 0.25) is 0 Å². The Kier molecular flexibility index (Phi) is 3.28. The Morgan fingerprint density at radius 1 is 1.44 bits per heavy atom. The van der Waals surface area contributed by atoms with Gasteiger partial charge >= 0.3 is 0 Å². The van der Waals surface area contributed by atoms with Crippen LogP contribution in [-0.2, 0) is 0 Å². The molecule has 0 unspecified atom stereocenters. The molecule has 2 N–H and O–H groups in total. The highest BCUT2D eigenvalue weighted by atomic mass is 19.1. The van der Waals surface area contributed by atoms with Crippen LogP contribution in [0.25, 0.3) is 0 Å². The monoisotopic (exact) mass is 226 g/mol. The predicted molar refractivity (Wildman–Crippen MR) is 59.4 cm³/mol. The Labute approximate surface area is 93.4 Å². The van der Waals surface area contributed by atoms with Crippen LogP contribution in [0, 0.1) is 21.3 Å². The lowest BCUT2D eigenvalue weighted by atomic mass is 9.83. The Morgan fingerprint density at radius 3 is 2.44 bits per heavy atom. The second-order valence-electron chi connectivity index (χ2n) is 4.81. The zero-order valence-electron chi connectivity index (χ0n) is 9.53. The second-order valence-corrected chi connectivity index (χ2v) is 4.81. The summed E-state index contributed by atoms with van der Waals surface area (Å²) >= 11 is 0. The molecule has 88 valence electrons. The van der Waals surface area contributed by atoms with E-state index in [1.54, 1.807) is 0 Å². The molecule has 0 aliphatic heterocycles. The Morgan fingerprint density at radius 2 is 2.00 bits per heavy atom. The Hall–Kier alpha value is -1.49. The van der Waals surface area contributed by atoms with E-state index in [2.05, 4.69) is 0 Å². The van der Waals surface area contributed by atoms with E-state index >= 15 is 0 Å². The van der Waals surface area contributed by atoms with Crippen LogP contribution in [0.5, 0.6) is 0 Å². The quantitative estimate of drug-likeness (QED) is 0.622. The molecule has 0 aromatic heterocycles. The van der Waals surface area contributed by atoms with Crippen LogP contribution >= 0.6 is 0 Å². The van der Waals surface area contributed by atoms with Gasteiger partial charge in [0, 0.05) is 23.7 Å². The number of rotatable bonds is 2. The third-order valence-electron chi connectivity index (χ3n) is 2.46. The summed E-state index contributed by atoms with van der Waals surface area (Å²) in [6.07, 6.45) is 0. The molecule has 0 heterocycles. The maximum absolute atomic E-state index is 13.5. The standard InChI is InChI=1S/C11H15FN2O2/c1-11(2,3)10(13)8-6-7(14(15)16)4-5-9(8)12/h4-6,10H,13H2,1-3H3/t10-/m1/s1. The lowest BCUT2D eigenvalue weighted by Gasteiger charge is -2.27. The highest BCUT2D eigenvalue weighted by molar-refractivity contribution is 5.37. The molecule has 1 atom stereocenters. The molecule has 5 heteroatoms. The molecule has 0 saturated heterocycles. The molecule has 0 saturated carbocycles. The number of non-ortho nitro benzene ring substituents is 1. The van der Waals surface area contributed by atoms with Gasteiger partial charge in [0.15, 0.2) is 0 Å². The number of nitrogens with two attached hydrogens (primary N) is 1. The molecule has 4 nitrogen and oxygen atoms in total. The van der Waals surface area contributed by atoms with Crippen molar-refractivity contribution in [3.8, 4) is 0 Å². The first kappa shape index (κ1) is 12.6. The van der Waals surface area contributed by atoms with Gasteiger partial charge in [0.2, 0.25) is 0 Å². The number of halogens is 1. The zero-order chi connectivity index (χ0) is 12.5. The van der Waals surface area contributed by atoms with Crippen LogP contribution in [0.3, 0.4) is 0 Å². The van der Waals surface area contributed by atoms with E-state index in [1.807, 2.05) is 20.8 Å². The van der Waals surface area contributed by atoms with Crippen molar-refractivity contribution in [2.45, 2.75) is 26.8 Å². The zero-order valence-corrected chi connectivity index (χ0v) is 9.53. The Bertz CT molecular complexity index is 413. The van der Waals surface area contributed by atoms with Gasteiger partial charge in [0.25, 0.3) is 5.69 Å². The van der Waals surface area contributed by atoms with Crippen molar-refractivity contribution < 1.29 is 9.31 Å². The van der Waals surface area contributed by atoms with Gasteiger partial charge in [-0.25, -0.2) is 4.39 Å². The minimum atomic E-state index is -0.576. The first-order valence-electron chi connectivity index (χ1n) is 4.93. The van der Waals surface area contributed by atoms with Crippen molar-refractivity contribution in [2.75, 3.05) is 0 Å². The summed E-state index contributed by atoms with van der Waals surface area (Å²) in [5.41, 5.74) is 5.57. The van der Waals surface area contributed by atoms with Crippen LogP contribution in [-0.4, -0.2) is 4.92 Å². The van der Waals surface area contributed by atoms with Crippen molar-refractivity contribution in [1.29, 1.82) is 0 Å². The van der Waals surface area contributed by atoms with E-state index in [0.29, 0.717) is 0 Å². The molecule has 1 rings (SSSR count). The maximum Gasteiger partial charge on any atom is 0.269 e. The van der Waals surface area contributed by atoms with Crippen molar-refractivity contribution in [2.24, 2.45) is 11.1 Å². The van der Waals surface area contributed by atoms with Gasteiger partial charge in [-0.05, 0) is 11.5 Å². The van der Waals surface area contributed by atoms with Gasteiger partial charge in [-0.2, -0.15) is 0 Å². The van der Waals surface area contributed by atoms with Gasteiger partial charge in [-0.15, -0.1) is 0 Å². The molecule has 0 amide bonds. The lowest BCUT2D eigenvalue weighted by molar-refractivity contribution is -0.385. The van der Waals surface area contributed by atoms with Crippen LogP contribution < -0.4 is 5.73 Å². The van der Waals surface area contributed by atoms with E-state index in [4.69, 9.17) is 5.73 Å². The number of hydrogen-bond donors (Lipinski definition) is 1. The lowest BCUT2D eigenvalue weighted by Crippen LogP contribution is -2.27. The molecule has 1 aromatic carbocycles. The molecule has 0 radical (unpaired) electrons. The summed E-state index contributed by atoms with van der Waals surface area (Å²) < 4.78 is 13.5. The third kappa shape index (κ3) is 2.55. The van der Waals surface area contributed by atoms with E-state index in [9.17, 15) is 14.5 Å². The smallest absolute Gasteiger partial charge is 0.269 e. The topological polar surface area (TPSA) is 69.2 Å². The molecule has 0 aliphatic rings. The molecule has 16 heavy (non-hydrogen) atoms. The average Bonchev–Trinajstić information content (AvgIpc) is 2.15. The van der Waals surface area contributed by atoms with E-state index in [0.717, 1.165) is 12.1 Å². The Balaban J connectivity index is 3.22. The van der Waals surface area contributed by atoms with Gasteiger partial charge in [-0.1, -0.05) is 20.8 Å². The van der Waals surface area contributed by atoms with E-state index < -0.39 is 16.8 Å². The third-order valence-corrected chi connectivity index (χ3v) is 2.46. The highest BCUT2D eigenvalue weighted by Crippen LogP contribution is 2.33. The summed E-state index contributed by atoms with van der Waals surface area (Å²) in [4.78, 5) is 10.0. The molecule has 0 bridgehead atoms. The maximum atomic E-state index is 13.5. The second kappa shape index (κ2) is 4.17. The number of nitro benzene ring substituents is 1. The molecular formula is C11H15FN2O2. The first-order chi connectivity index (χ1) is 7.23. The van der Waals surface area contributed by atoms with Crippen molar-refractivity contribution in [3.05, 3.63) is 39.7 Å². The summed E-state index contributed by atoms with van der Waals surface area (Å²) in [5.74, 6) is -0.506. The van der Waals surface area contributed by atoms with E-state index in [1.165, 1.54) is 6.07 Å². The summed E-state index contributed by atoms with van der Waals surface area (Å²) in [7, 11) is 0. The van der Waals surface area contributed by atoms with Crippen molar-refractivity contribution in [3.63, 3.8) is 0 Å². The fourth-order valence-corrected chi connectivity index (χ4v) is 1.35. The SMILES string of the molecule is CC(C)(C)[C@H](N)c1cc([N+](=O)[O-])ccc1F. The minimum Gasteiger partial charge on any atom is -0.323 e. The van der Waals surface area contributed by atoms with Gasteiger partial charge < -0.3 is 5.73 Å². The molecule has 0 fully saturated rings. The minimum absolute atomic E-state index is 0.142.